The molecule has 1 aliphatic heterocycles. The fourth-order valence-corrected chi connectivity index (χ4v) is 5.50. The minimum Gasteiger partial charge on any atom is -0.293 e. The van der Waals surface area contributed by atoms with E-state index in [9.17, 15) is 36.0 Å². The number of amides is 2. The van der Waals surface area contributed by atoms with Crippen LogP contribution in [0.2, 0.25) is 0 Å². The van der Waals surface area contributed by atoms with Crippen LogP contribution in [-0.2, 0) is 30.6 Å². The molecule has 2 amide bonds. The monoisotopic (exact) mass is 585 g/mol. The van der Waals surface area contributed by atoms with Crippen molar-refractivity contribution in [2.24, 2.45) is 5.92 Å². The molecule has 0 bridgehead atoms. The summed E-state index contributed by atoms with van der Waals surface area (Å²) in [5.74, 6) is -3.86. The number of nitrogens with one attached hydrogen (secondary N) is 1. The van der Waals surface area contributed by atoms with Crippen molar-refractivity contribution in [2.75, 3.05) is 4.90 Å². The molecular formula is C27H22F3N5O5S. The maximum atomic E-state index is 13.6. The Hall–Kier alpha value is -4.77. The van der Waals surface area contributed by atoms with Gasteiger partial charge in [0.25, 0.3) is 10.0 Å². The average molecular weight is 586 g/mol. The van der Waals surface area contributed by atoms with Gasteiger partial charge in [0, 0.05) is 17.8 Å². The molecule has 14 heteroatoms. The normalized spacial score (nSPS) is 16.1. The summed E-state index contributed by atoms with van der Waals surface area (Å²) in [6, 6.07) is 11.6. The Balaban J connectivity index is 2.04. The van der Waals surface area contributed by atoms with Gasteiger partial charge in [0.05, 0.1) is 40.6 Å². The standard InChI is InChI=1S/C27H22F3N5O5S/c1-4-22(36)33-41(39,40)21-14-32-35(19-10-8-17(13-31)9-11-19)24(21)23-16(3)34(26(38)15(2)25(23)37)20-7-5-6-18(12-20)27(28,29)30/h5-12,14-15H,4H2,1-3H3,(H,33,36). The molecule has 3 aromatic rings. The minimum absolute atomic E-state index is 0.147. The van der Waals surface area contributed by atoms with E-state index in [0.717, 1.165) is 34.0 Å². The summed E-state index contributed by atoms with van der Waals surface area (Å²) in [6.07, 6.45) is -3.97. The zero-order valence-electron chi connectivity index (χ0n) is 21.9. The molecule has 0 saturated heterocycles. The summed E-state index contributed by atoms with van der Waals surface area (Å²) in [5, 5.41) is 13.3. The number of rotatable bonds is 6. The predicted molar refractivity (Wildman–Crippen MR) is 140 cm³/mol. The number of Topliss-reactive ketones (excluding diaryl/α,β-unsaturated/α-hetero) is 1. The number of nitriles is 1. The van der Waals surface area contributed by atoms with Crippen molar-refractivity contribution in [3.8, 4) is 11.8 Å². The van der Waals surface area contributed by atoms with E-state index in [1.54, 1.807) is 0 Å². The number of benzene rings is 2. The van der Waals surface area contributed by atoms with Crippen LogP contribution in [0.5, 0.6) is 0 Å². The second kappa shape index (κ2) is 10.7. The number of aromatic nitrogens is 2. The van der Waals surface area contributed by atoms with Crippen LogP contribution in [0, 0.1) is 17.2 Å². The van der Waals surface area contributed by atoms with E-state index in [2.05, 4.69) is 5.10 Å². The Morgan fingerprint density at radius 2 is 1.78 bits per heavy atom. The summed E-state index contributed by atoms with van der Waals surface area (Å²) in [4.78, 5) is 39.3. The molecule has 212 valence electrons. The first-order valence-corrected chi connectivity index (χ1v) is 13.6. The van der Waals surface area contributed by atoms with Gasteiger partial charge in [-0.15, -0.1) is 0 Å². The zero-order chi connectivity index (χ0) is 30.3. The SMILES string of the molecule is CCC(=O)NS(=O)(=O)c1cnn(-c2ccc(C#N)cc2)c1C1=C(C)N(c2cccc(C(F)(F)F)c2)C(=O)C(C)C1=O. The molecule has 0 fully saturated rings. The first-order chi connectivity index (χ1) is 19.2. The Morgan fingerprint density at radius 3 is 2.37 bits per heavy atom. The molecule has 0 spiro atoms. The van der Waals surface area contributed by atoms with Crippen LogP contribution in [0.25, 0.3) is 11.3 Å². The summed E-state index contributed by atoms with van der Waals surface area (Å²) < 4.78 is 70.0. The zero-order valence-corrected chi connectivity index (χ0v) is 22.7. The number of anilines is 1. The van der Waals surface area contributed by atoms with E-state index in [-0.39, 0.29) is 40.3 Å². The van der Waals surface area contributed by atoms with Gasteiger partial charge in [-0.25, -0.2) is 17.8 Å². The highest BCUT2D eigenvalue weighted by Crippen LogP contribution is 2.39. The van der Waals surface area contributed by atoms with E-state index in [1.807, 2.05) is 10.8 Å². The summed E-state index contributed by atoms with van der Waals surface area (Å²) >= 11 is 0. The van der Waals surface area contributed by atoms with Crippen LogP contribution < -0.4 is 9.62 Å². The van der Waals surface area contributed by atoms with Crippen LogP contribution in [0.4, 0.5) is 18.9 Å². The van der Waals surface area contributed by atoms with Gasteiger partial charge in [0.2, 0.25) is 11.8 Å². The van der Waals surface area contributed by atoms with Crippen molar-refractivity contribution in [3.05, 3.63) is 77.2 Å². The quantitative estimate of drug-likeness (QED) is 0.432. The van der Waals surface area contributed by atoms with Crippen LogP contribution >= 0.6 is 0 Å². The summed E-state index contributed by atoms with van der Waals surface area (Å²) in [6.45, 7) is 3.99. The smallest absolute Gasteiger partial charge is 0.293 e. The number of sulfonamides is 1. The maximum Gasteiger partial charge on any atom is 0.416 e. The number of hydrogen-bond donors (Lipinski definition) is 1. The van der Waals surface area contributed by atoms with Gasteiger partial charge in [0.1, 0.15) is 10.6 Å². The van der Waals surface area contributed by atoms with Gasteiger partial charge in [-0.05, 0) is 56.3 Å². The molecule has 4 rings (SSSR count). The van der Waals surface area contributed by atoms with Crippen molar-refractivity contribution in [1.29, 1.82) is 5.26 Å². The van der Waals surface area contributed by atoms with Crippen LogP contribution in [0.15, 0.2) is 65.3 Å². The van der Waals surface area contributed by atoms with Crippen molar-refractivity contribution < 1.29 is 36.0 Å². The molecule has 0 saturated carbocycles. The number of halogens is 3. The average Bonchev–Trinajstić information content (AvgIpc) is 3.37. The molecule has 41 heavy (non-hydrogen) atoms. The molecule has 2 heterocycles. The number of nitrogens with zero attached hydrogens (tertiary/aromatic N) is 4. The van der Waals surface area contributed by atoms with Gasteiger partial charge >= 0.3 is 6.18 Å². The minimum atomic E-state index is -4.72. The molecule has 1 atom stereocenters. The van der Waals surface area contributed by atoms with E-state index < -0.39 is 50.2 Å². The number of carbonyl (C=O) groups is 3. The van der Waals surface area contributed by atoms with Crippen LogP contribution in [-0.4, -0.2) is 35.8 Å². The molecule has 1 N–H and O–H groups in total. The number of hydrogen-bond acceptors (Lipinski definition) is 7. The lowest BCUT2D eigenvalue weighted by Crippen LogP contribution is -2.43. The fourth-order valence-electron chi connectivity index (χ4n) is 4.32. The molecule has 0 aliphatic carbocycles. The van der Waals surface area contributed by atoms with Gasteiger partial charge in [-0.1, -0.05) is 13.0 Å². The van der Waals surface area contributed by atoms with Crippen molar-refractivity contribution in [3.63, 3.8) is 0 Å². The summed E-state index contributed by atoms with van der Waals surface area (Å²) in [7, 11) is -4.61. The summed E-state index contributed by atoms with van der Waals surface area (Å²) in [5.41, 5.74) is -1.48. The van der Waals surface area contributed by atoms with Crippen molar-refractivity contribution in [2.45, 2.75) is 38.3 Å². The third kappa shape index (κ3) is 5.36. The maximum absolute atomic E-state index is 13.6. The van der Waals surface area contributed by atoms with Crippen LogP contribution in [0.3, 0.4) is 0 Å². The molecule has 2 aromatic carbocycles. The molecule has 0 radical (unpaired) electrons. The first-order valence-electron chi connectivity index (χ1n) is 12.1. The van der Waals surface area contributed by atoms with E-state index in [0.29, 0.717) is 0 Å². The Kier molecular flexibility index (Phi) is 7.60. The number of carbonyl (C=O) groups excluding carboxylic acids is 3. The highest BCUT2D eigenvalue weighted by molar-refractivity contribution is 7.90. The highest BCUT2D eigenvalue weighted by Gasteiger charge is 2.42. The lowest BCUT2D eigenvalue weighted by Gasteiger charge is -2.33. The third-order valence-electron chi connectivity index (χ3n) is 6.43. The number of ketones is 1. The Labute approximate surface area is 232 Å². The van der Waals surface area contributed by atoms with Gasteiger partial charge < -0.3 is 0 Å². The predicted octanol–water partition coefficient (Wildman–Crippen LogP) is 3.96. The van der Waals surface area contributed by atoms with Gasteiger partial charge in [-0.3, -0.25) is 19.3 Å². The lowest BCUT2D eigenvalue weighted by molar-refractivity contribution is -0.137. The van der Waals surface area contributed by atoms with Gasteiger partial charge in [-0.2, -0.15) is 23.5 Å². The molecule has 1 aromatic heterocycles. The van der Waals surface area contributed by atoms with E-state index in [4.69, 9.17) is 5.26 Å². The Morgan fingerprint density at radius 1 is 1.12 bits per heavy atom. The highest BCUT2D eigenvalue weighted by atomic mass is 32.2. The third-order valence-corrected chi connectivity index (χ3v) is 7.81. The molecule has 1 aliphatic rings. The van der Waals surface area contributed by atoms with E-state index in [1.165, 1.54) is 51.1 Å². The fraction of sp³-hybridized carbons (Fsp3) is 0.222. The largest absolute Gasteiger partial charge is 0.416 e. The van der Waals surface area contributed by atoms with Crippen LogP contribution in [0.1, 0.15) is 44.0 Å². The lowest BCUT2D eigenvalue weighted by atomic mass is 9.89. The second-order valence-electron chi connectivity index (χ2n) is 9.08. The number of alkyl halides is 3. The first kappa shape index (κ1) is 29.2. The van der Waals surface area contributed by atoms with E-state index >= 15 is 0 Å². The molecule has 10 nitrogen and oxygen atoms in total. The number of allylic oxidation sites excluding steroid dienone is 2. The second-order valence-corrected chi connectivity index (χ2v) is 10.7. The topological polar surface area (TPSA) is 142 Å². The van der Waals surface area contributed by atoms with Crippen molar-refractivity contribution >= 4 is 38.9 Å². The van der Waals surface area contributed by atoms with Crippen molar-refractivity contribution in [1.82, 2.24) is 14.5 Å². The van der Waals surface area contributed by atoms with Gasteiger partial charge in [0.15, 0.2) is 5.78 Å². The molecule has 1 unspecified atom stereocenters. The molecular weight excluding hydrogens is 563 g/mol. The Bertz CT molecular complexity index is 1750.